The molecule has 3 amide bonds. The number of rotatable bonds is 6. The van der Waals surface area contributed by atoms with Gasteiger partial charge in [0.05, 0.1) is 7.05 Å². The summed E-state index contributed by atoms with van der Waals surface area (Å²) >= 11 is 0. The molecule has 1 fully saturated rings. The van der Waals surface area contributed by atoms with Gasteiger partial charge in [0.2, 0.25) is 0 Å². The maximum absolute atomic E-state index is 13.9. The largest absolute Gasteiger partial charge is 0.330 e. The second-order valence-electron chi connectivity index (χ2n) is 8.36. The topological polar surface area (TPSA) is 53.9 Å². The Hall–Kier alpha value is -3.44. The van der Waals surface area contributed by atoms with E-state index in [1.165, 1.54) is 4.90 Å². The van der Waals surface area contributed by atoms with E-state index in [0.717, 1.165) is 39.3 Å². The molecule has 1 heterocycles. The number of carbonyl (C=O) groups excluding carboxylic acids is 2. The molecule has 5 nitrogen and oxygen atoms in total. The van der Waals surface area contributed by atoms with Crippen LogP contribution >= 0.6 is 0 Å². The Balaban J connectivity index is 1.69. The summed E-state index contributed by atoms with van der Waals surface area (Å²) in [5.41, 5.74) is 3.72. The smallest absolute Gasteiger partial charge is 0.316 e. The van der Waals surface area contributed by atoms with Crippen LogP contribution in [0.15, 0.2) is 78.9 Å². The molecule has 4 rings (SSSR count). The standard InChI is InChI=1S/C26H27N3O2/c1-19-14-15-23(16-20(19)2)26(22-12-8-5-9-13-22)24(30)29(25(31)27-26)18-28(3)17-21-10-6-4-7-11-21/h4-16H,17-18H2,1-3H3,(H,27,31)/p+1/t26-/m0/s1. The summed E-state index contributed by atoms with van der Waals surface area (Å²) in [6, 6.07) is 25.2. The molecule has 0 spiro atoms. The van der Waals surface area contributed by atoms with Crippen LogP contribution in [-0.2, 0) is 16.9 Å². The van der Waals surface area contributed by atoms with Gasteiger partial charge in [-0.1, -0.05) is 78.9 Å². The molecule has 1 aliphatic heterocycles. The van der Waals surface area contributed by atoms with Gasteiger partial charge in [-0.15, -0.1) is 0 Å². The monoisotopic (exact) mass is 414 g/mol. The zero-order valence-electron chi connectivity index (χ0n) is 18.2. The zero-order valence-corrected chi connectivity index (χ0v) is 18.2. The summed E-state index contributed by atoms with van der Waals surface area (Å²) in [7, 11) is 1.99. The van der Waals surface area contributed by atoms with Crippen molar-refractivity contribution in [1.82, 2.24) is 10.2 Å². The Kier molecular flexibility index (Phi) is 5.61. The van der Waals surface area contributed by atoms with Crippen molar-refractivity contribution < 1.29 is 14.5 Å². The normalized spacial score (nSPS) is 19.4. The third-order valence-electron chi connectivity index (χ3n) is 6.03. The number of imide groups is 1. The summed E-state index contributed by atoms with van der Waals surface area (Å²) in [4.78, 5) is 29.3. The van der Waals surface area contributed by atoms with Crippen LogP contribution in [0.5, 0.6) is 0 Å². The van der Waals surface area contributed by atoms with Crippen LogP contribution in [0.3, 0.4) is 0 Å². The van der Waals surface area contributed by atoms with Crippen LogP contribution in [0.4, 0.5) is 4.79 Å². The number of carbonyl (C=O) groups is 2. The second kappa shape index (κ2) is 8.36. The lowest BCUT2D eigenvalue weighted by Crippen LogP contribution is -3.09. The Morgan fingerprint density at radius 2 is 1.48 bits per heavy atom. The van der Waals surface area contributed by atoms with Gasteiger partial charge in [0.1, 0.15) is 6.54 Å². The molecule has 31 heavy (non-hydrogen) atoms. The third-order valence-corrected chi connectivity index (χ3v) is 6.03. The van der Waals surface area contributed by atoms with Crippen LogP contribution < -0.4 is 10.2 Å². The number of benzene rings is 3. The second-order valence-corrected chi connectivity index (χ2v) is 8.36. The molecule has 5 heteroatoms. The Morgan fingerprint density at radius 3 is 2.13 bits per heavy atom. The lowest BCUT2D eigenvalue weighted by atomic mass is 9.81. The summed E-state index contributed by atoms with van der Waals surface area (Å²) in [5.74, 6) is -0.237. The summed E-state index contributed by atoms with van der Waals surface area (Å²) < 4.78 is 0. The maximum atomic E-state index is 13.9. The molecule has 0 saturated carbocycles. The van der Waals surface area contributed by atoms with E-state index >= 15 is 0 Å². The average molecular weight is 415 g/mol. The zero-order chi connectivity index (χ0) is 22.0. The van der Waals surface area contributed by atoms with Crippen molar-refractivity contribution in [2.45, 2.75) is 25.9 Å². The van der Waals surface area contributed by atoms with Crippen LogP contribution in [0.1, 0.15) is 27.8 Å². The van der Waals surface area contributed by atoms with Crippen LogP contribution in [-0.4, -0.2) is 30.6 Å². The number of nitrogens with zero attached hydrogens (tertiary/aromatic N) is 1. The minimum Gasteiger partial charge on any atom is -0.316 e. The molecule has 2 atom stereocenters. The molecule has 3 aromatic rings. The molecule has 1 aliphatic rings. The molecular weight excluding hydrogens is 386 g/mol. The number of quaternary nitrogens is 1. The van der Waals surface area contributed by atoms with Gasteiger partial charge in [-0.25, -0.2) is 9.69 Å². The number of aryl methyl sites for hydroxylation is 2. The molecule has 0 aromatic heterocycles. The van der Waals surface area contributed by atoms with Crippen molar-refractivity contribution in [3.05, 3.63) is 107 Å². The molecule has 3 aromatic carbocycles. The fourth-order valence-electron chi connectivity index (χ4n) is 4.21. The summed E-state index contributed by atoms with van der Waals surface area (Å²) in [6.45, 7) is 5.07. The van der Waals surface area contributed by atoms with E-state index in [1.807, 2.05) is 87.6 Å². The SMILES string of the molecule is Cc1ccc([C@]2(c3ccccc3)NC(=O)N(C[NH+](C)Cc3ccccc3)C2=O)cc1C. The minimum absolute atomic E-state index is 0.237. The molecule has 1 unspecified atom stereocenters. The highest BCUT2D eigenvalue weighted by molar-refractivity contribution is 6.09. The maximum Gasteiger partial charge on any atom is 0.330 e. The first kappa shape index (κ1) is 20.8. The van der Waals surface area contributed by atoms with Crippen molar-refractivity contribution in [1.29, 1.82) is 0 Å². The Morgan fingerprint density at radius 1 is 0.839 bits per heavy atom. The van der Waals surface area contributed by atoms with Crippen LogP contribution in [0, 0.1) is 13.8 Å². The predicted octanol–water partition coefficient (Wildman–Crippen LogP) is 2.77. The van der Waals surface area contributed by atoms with E-state index in [0.29, 0.717) is 6.67 Å². The average Bonchev–Trinajstić information content (AvgIpc) is 3.02. The summed E-state index contributed by atoms with van der Waals surface area (Å²) in [5, 5.41) is 3.04. The lowest BCUT2D eigenvalue weighted by Gasteiger charge is -2.29. The Bertz CT molecular complexity index is 1100. The predicted molar refractivity (Wildman–Crippen MR) is 120 cm³/mol. The molecule has 0 radical (unpaired) electrons. The van der Waals surface area contributed by atoms with Gasteiger partial charge >= 0.3 is 6.03 Å². The van der Waals surface area contributed by atoms with Crippen LogP contribution in [0.2, 0.25) is 0 Å². The van der Waals surface area contributed by atoms with Crippen molar-refractivity contribution in [2.75, 3.05) is 13.7 Å². The number of nitrogens with one attached hydrogen (secondary N) is 2. The van der Waals surface area contributed by atoms with E-state index in [1.54, 1.807) is 0 Å². The molecule has 2 N–H and O–H groups in total. The highest BCUT2D eigenvalue weighted by Crippen LogP contribution is 2.36. The van der Waals surface area contributed by atoms with Gasteiger partial charge < -0.3 is 10.2 Å². The van der Waals surface area contributed by atoms with Gasteiger partial charge in [-0.05, 0) is 36.1 Å². The molecule has 1 saturated heterocycles. The van der Waals surface area contributed by atoms with Crippen LogP contribution in [0.25, 0.3) is 0 Å². The minimum atomic E-state index is -1.22. The van der Waals surface area contributed by atoms with Gasteiger partial charge in [-0.3, -0.25) is 4.79 Å². The third kappa shape index (κ3) is 3.84. The molecule has 0 aliphatic carbocycles. The fourth-order valence-corrected chi connectivity index (χ4v) is 4.21. The summed E-state index contributed by atoms with van der Waals surface area (Å²) in [6.07, 6.45) is 0. The van der Waals surface area contributed by atoms with E-state index < -0.39 is 5.54 Å². The van der Waals surface area contributed by atoms with Crippen molar-refractivity contribution >= 4 is 11.9 Å². The first-order chi connectivity index (χ1) is 14.9. The highest BCUT2D eigenvalue weighted by atomic mass is 16.2. The first-order valence-electron chi connectivity index (χ1n) is 10.5. The number of hydrogen-bond acceptors (Lipinski definition) is 2. The lowest BCUT2D eigenvalue weighted by molar-refractivity contribution is -0.901. The van der Waals surface area contributed by atoms with Gasteiger partial charge in [0, 0.05) is 5.56 Å². The van der Waals surface area contributed by atoms with Crippen molar-refractivity contribution in [2.24, 2.45) is 0 Å². The highest BCUT2D eigenvalue weighted by Gasteiger charge is 2.54. The number of urea groups is 1. The number of hydrogen-bond donors (Lipinski definition) is 2. The Labute approximate surface area is 183 Å². The van der Waals surface area contributed by atoms with Crippen molar-refractivity contribution in [3.63, 3.8) is 0 Å². The first-order valence-corrected chi connectivity index (χ1v) is 10.5. The van der Waals surface area contributed by atoms with E-state index in [9.17, 15) is 9.59 Å². The van der Waals surface area contributed by atoms with E-state index in [-0.39, 0.29) is 11.9 Å². The molecule has 0 bridgehead atoms. The number of amides is 3. The quantitative estimate of drug-likeness (QED) is 0.610. The van der Waals surface area contributed by atoms with Gasteiger partial charge in [0.25, 0.3) is 5.91 Å². The van der Waals surface area contributed by atoms with E-state index in [2.05, 4.69) is 17.4 Å². The fraction of sp³-hybridized carbons (Fsp3) is 0.231. The molecular formula is C26H28N3O2+. The molecule has 158 valence electrons. The van der Waals surface area contributed by atoms with E-state index in [4.69, 9.17) is 0 Å². The van der Waals surface area contributed by atoms with Crippen molar-refractivity contribution in [3.8, 4) is 0 Å². The van der Waals surface area contributed by atoms with Gasteiger partial charge in [0.15, 0.2) is 12.2 Å². The van der Waals surface area contributed by atoms with Gasteiger partial charge in [-0.2, -0.15) is 0 Å².